The first kappa shape index (κ1) is 13.8. The number of carboxylic acid groups (broad SMARTS) is 1. The standard InChI is InChI=1S/C12H16ClNO3/c1-8-3-4-9(13)11(7-8)17-10(12(15)16)5-6-14-2/h3-4,7,10,14H,5-6H2,1-2H3,(H,15,16). The Morgan fingerprint density at radius 2 is 2.29 bits per heavy atom. The number of hydrogen-bond acceptors (Lipinski definition) is 3. The summed E-state index contributed by atoms with van der Waals surface area (Å²) < 4.78 is 5.42. The normalized spacial score (nSPS) is 12.2. The average Bonchev–Trinajstić information content (AvgIpc) is 2.28. The first-order valence-corrected chi connectivity index (χ1v) is 5.72. The van der Waals surface area contributed by atoms with Gasteiger partial charge in [0.15, 0.2) is 6.10 Å². The van der Waals surface area contributed by atoms with Crippen LogP contribution in [0.4, 0.5) is 0 Å². The zero-order valence-electron chi connectivity index (χ0n) is 9.87. The molecule has 0 fully saturated rings. The minimum atomic E-state index is -0.988. The quantitative estimate of drug-likeness (QED) is 0.819. The van der Waals surface area contributed by atoms with Crippen molar-refractivity contribution < 1.29 is 14.6 Å². The van der Waals surface area contributed by atoms with Crippen LogP contribution in [0.5, 0.6) is 5.75 Å². The molecule has 0 saturated heterocycles. The highest BCUT2D eigenvalue weighted by Gasteiger charge is 2.19. The van der Waals surface area contributed by atoms with Gasteiger partial charge in [0, 0.05) is 6.42 Å². The highest BCUT2D eigenvalue weighted by molar-refractivity contribution is 6.32. The first-order valence-electron chi connectivity index (χ1n) is 5.35. The molecule has 0 aromatic heterocycles. The molecule has 0 aliphatic rings. The topological polar surface area (TPSA) is 58.6 Å². The summed E-state index contributed by atoms with van der Waals surface area (Å²) in [6.07, 6.45) is -0.502. The van der Waals surface area contributed by atoms with E-state index in [9.17, 15) is 4.79 Å². The largest absolute Gasteiger partial charge is 0.479 e. The lowest BCUT2D eigenvalue weighted by molar-refractivity contribution is -0.145. The number of benzene rings is 1. The molecule has 0 radical (unpaired) electrons. The Morgan fingerprint density at radius 1 is 1.59 bits per heavy atom. The van der Waals surface area contributed by atoms with Gasteiger partial charge in [0.1, 0.15) is 5.75 Å². The van der Waals surface area contributed by atoms with Crippen molar-refractivity contribution in [2.45, 2.75) is 19.4 Å². The van der Waals surface area contributed by atoms with Crippen LogP contribution in [0.15, 0.2) is 18.2 Å². The smallest absolute Gasteiger partial charge is 0.344 e. The maximum atomic E-state index is 11.0. The third-order valence-electron chi connectivity index (χ3n) is 2.29. The van der Waals surface area contributed by atoms with E-state index < -0.39 is 12.1 Å². The number of aryl methyl sites for hydroxylation is 1. The Kier molecular flexibility index (Phi) is 5.25. The molecular formula is C12H16ClNO3. The molecule has 0 heterocycles. The van der Waals surface area contributed by atoms with Gasteiger partial charge in [-0.3, -0.25) is 0 Å². The molecule has 17 heavy (non-hydrogen) atoms. The molecule has 1 aromatic rings. The summed E-state index contributed by atoms with van der Waals surface area (Å²) in [7, 11) is 1.76. The van der Waals surface area contributed by atoms with Crippen molar-refractivity contribution in [2.75, 3.05) is 13.6 Å². The molecule has 0 bridgehead atoms. The maximum absolute atomic E-state index is 11.0. The van der Waals surface area contributed by atoms with Crippen molar-refractivity contribution >= 4 is 17.6 Å². The number of rotatable bonds is 6. The summed E-state index contributed by atoms with van der Waals surface area (Å²) in [4.78, 5) is 11.0. The van der Waals surface area contributed by atoms with E-state index in [1.54, 1.807) is 19.2 Å². The first-order chi connectivity index (χ1) is 8.04. The molecule has 2 N–H and O–H groups in total. The van der Waals surface area contributed by atoms with Crippen LogP contribution in [0.25, 0.3) is 0 Å². The molecule has 1 atom stereocenters. The fraction of sp³-hybridized carbons (Fsp3) is 0.417. The summed E-state index contributed by atoms with van der Waals surface area (Å²) in [5.74, 6) is -0.576. The zero-order chi connectivity index (χ0) is 12.8. The van der Waals surface area contributed by atoms with Crippen LogP contribution in [0.3, 0.4) is 0 Å². The Hall–Kier alpha value is -1.26. The third kappa shape index (κ3) is 4.24. The number of carbonyl (C=O) groups is 1. The van der Waals surface area contributed by atoms with E-state index in [0.717, 1.165) is 5.56 Å². The van der Waals surface area contributed by atoms with Crippen LogP contribution in [0.2, 0.25) is 5.02 Å². The second-order valence-electron chi connectivity index (χ2n) is 3.77. The van der Waals surface area contributed by atoms with Gasteiger partial charge in [-0.05, 0) is 38.2 Å². The molecule has 1 aromatic carbocycles. The Bertz CT molecular complexity index is 395. The lowest BCUT2D eigenvalue weighted by Gasteiger charge is -2.16. The SMILES string of the molecule is CNCCC(Oc1cc(C)ccc1Cl)C(=O)O. The van der Waals surface area contributed by atoms with E-state index in [0.29, 0.717) is 23.7 Å². The molecule has 0 saturated carbocycles. The van der Waals surface area contributed by atoms with Crippen molar-refractivity contribution in [3.05, 3.63) is 28.8 Å². The van der Waals surface area contributed by atoms with Crippen molar-refractivity contribution in [3.8, 4) is 5.75 Å². The molecule has 1 rings (SSSR count). The molecule has 0 aliphatic carbocycles. The zero-order valence-corrected chi connectivity index (χ0v) is 10.6. The minimum Gasteiger partial charge on any atom is -0.479 e. The number of ether oxygens (including phenoxy) is 1. The third-order valence-corrected chi connectivity index (χ3v) is 2.60. The summed E-state index contributed by atoms with van der Waals surface area (Å²) in [5.41, 5.74) is 0.974. The minimum absolute atomic E-state index is 0.385. The number of hydrogen-bond donors (Lipinski definition) is 2. The number of halogens is 1. The molecule has 0 aliphatic heterocycles. The van der Waals surface area contributed by atoms with Gasteiger partial charge in [-0.25, -0.2) is 4.79 Å². The monoisotopic (exact) mass is 257 g/mol. The van der Waals surface area contributed by atoms with E-state index in [1.165, 1.54) is 0 Å². The van der Waals surface area contributed by atoms with E-state index in [-0.39, 0.29) is 0 Å². The van der Waals surface area contributed by atoms with Crippen molar-refractivity contribution in [1.29, 1.82) is 0 Å². The summed E-state index contributed by atoms with van der Waals surface area (Å²) in [5, 5.41) is 12.3. The highest BCUT2D eigenvalue weighted by atomic mass is 35.5. The van der Waals surface area contributed by atoms with Gasteiger partial charge in [-0.1, -0.05) is 17.7 Å². The molecule has 4 nitrogen and oxygen atoms in total. The molecule has 0 spiro atoms. The van der Waals surface area contributed by atoms with Crippen LogP contribution in [0, 0.1) is 6.92 Å². The Morgan fingerprint density at radius 3 is 2.88 bits per heavy atom. The van der Waals surface area contributed by atoms with E-state index >= 15 is 0 Å². The van der Waals surface area contributed by atoms with Gasteiger partial charge in [-0.2, -0.15) is 0 Å². The van der Waals surface area contributed by atoms with Crippen LogP contribution in [-0.2, 0) is 4.79 Å². The highest BCUT2D eigenvalue weighted by Crippen LogP contribution is 2.26. The number of nitrogens with one attached hydrogen (secondary N) is 1. The van der Waals surface area contributed by atoms with Crippen molar-refractivity contribution in [2.24, 2.45) is 0 Å². The van der Waals surface area contributed by atoms with Gasteiger partial charge in [0.2, 0.25) is 0 Å². The fourth-order valence-electron chi connectivity index (χ4n) is 1.36. The maximum Gasteiger partial charge on any atom is 0.344 e. The van der Waals surface area contributed by atoms with Gasteiger partial charge in [0.05, 0.1) is 5.02 Å². The fourth-order valence-corrected chi connectivity index (χ4v) is 1.52. The molecular weight excluding hydrogens is 242 g/mol. The lowest BCUT2D eigenvalue weighted by atomic mass is 10.2. The Balaban J connectivity index is 2.78. The number of carboxylic acids is 1. The second kappa shape index (κ2) is 6.47. The summed E-state index contributed by atoms with van der Waals surface area (Å²) >= 11 is 5.95. The summed E-state index contributed by atoms with van der Waals surface area (Å²) in [6.45, 7) is 2.47. The van der Waals surface area contributed by atoms with Crippen molar-refractivity contribution in [1.82, 2.24) is 5.32 Å². The van der Waals surface area contributed by atoms with E-state index in [2.05, 4.69) is 5.32 Å². The van der Waals surface area contributed by atoms with Crippen LogP contribution in [-0.4, -0.2) is 30.8 Å². The predicted molar refractivity (Wildman–Crippen MR) is 66.8 cm³/mol. The average molecular weight is 258 g/mol. The van der Waals surface area contributed by atoms with E-state index in [4.69, 9.17) is 21.4 Å². The molecule has 1 unspecified atom stereocenters. The van der Waals surface area contributed by atoms with Crippen LogP contribution < -0.4 is 10.1 Å². The van der Waals surface area contributed by atoms with E-state index in [1.807, 2.05) is 13.0 Å². The Labute approximate surface area is 106 Å². The predicted octanol–water partition coefficient (Wildman–Crippen LogP) is 2.09. The lowest BCUT2D eigenvalue weighted by Crippen LogP contribution is -2.30. The van der Waals surface area contributed by atoms with Crippen molar-refractivity contribution in [3.63, 3.8) is 0 Å². The van der Waals surface area contributed by atoms with Gasteiger partial charge >= 0.3 is 5.97 Å². The van der Waals surface area contributed by atoms with Crippen LogP contribution in [0.1, 0.15) is 12.0 Å². The molecule has 0 amide bonds. The van der Waals surface area contributed by atoms with Crippen LogP contribution >= 0.6 is 11.6 Å². The van der Waals surface area contributed by atoms with Gasteiger partial charge in [-0.15, -0.1) is 0 Å². The van der Waals surface area contributed by atoms with Gasteiger partial charge < -0.3 is 15.2 Å². The molecule has 94 valence electrons. The molecule has 5 heteroatoms. The van der Waals surface area contributed by atoms with Gasteiger partial charge in [0.25, 0.3) is 0 Å². The summed E-state index contributed by atoms with van der Waals surface area (Å²) in [6, 6.07) is 5.28. The second-order valence-corrected chi connectivity index (χ2v) is 4.18. The number of aliphatic carboxylic acids is 1.